The first-order chi connectivity index (χ1) is 9.66. The van der Waals surface area contributed by atoms with Crippen LogP contribution in [0.15, 0.2) is 18.3 Å². The molecule has 2 rings (SSSR count). The van der Waals surface area contributed by atoms with Gasteiger partial charge >= 0.3 is 5.97 Å². The molecule has 20 heavy (non-hydrogen) atoms. The van der Waals surface area contributed by atoms with Crippen LogP contribution in [-0.2, 0) is 4.79 Å². The predicted octanol–water partition coefficient (Wildman–Crippen LogP) is 2.11. The van der Waals surface area contributed by atoms with Crippen LogP contribution >= 0.6 is 11.6 Å². The number of pyridine rings is 1. The maximum absolute atomic E-state index is 10.8. The summed E-state index contributed by atoms with van der Waals surface area (Å²) in [5, 5.41) is 9.30. The Kier molecular flexibility index (Phi) is 5.61. The second-order valence-electron chi connectivity index (χ2n) is 4.99. The van der Waals surface area contributed by atoms with Crippen molar-refractivity contribution in [2.24, 2.45) is 0 Å². The summed E-state index contributed by atoms with van der Waals surface area (Å²) in [6.45, 7) is 4.43. The molecule has 0 spiro atoms. The number of nitrogens with zero attached hydrogens (tertiary/aromatic N) is 3. The van der Waals surface area contributed by atoms with Crippen molar-refractivity contribution in [3.8, 4) is 0 Å². The number of aliphatic carboxylic acids is 1. The second-order valence-corrected chi connectivity index (χ2v) is 5.35. The molecular weight excluding hydrogens is 278 g/mol. The van der Waals surface area contributed by atoms with Crippen LogP contribution < -0.4 is 4.90 Å². The van der Waals surface area contributed by atoms with Gasteiger partial charge < -0.3 is 14.9 Å². The fraction of sp³-hybridized carbons (Fsp3) is 0.571. The van der Waals surface area contributed by atoms with Gasteiger partial charge in [0.2, 0.25) is 0 Å². The number of hydrogen-bond donors (Lipinski definition) is 1. The molecule has 1 aromatic rings. The molecule has 1 aliphatic rings. The Bertz CT molecular complexity index is 450. The van der Waals surface area contributed by atoms with Crippen LogP contribution in [0.5, 0.6) is 0 Å². The number of aromatic nitrogens is 1. The summed E-state index contributed by atoms with van der Waals surface area (Å²) in [6.07, 6.45) is 4.25. The summed E-state index contributed by atoms with van der Waals surface area (Å²) in [6, 6.07) is 3.71. The molecule has 1 aliphatic heterocycles. The molecule has 110 valence electrons. The fourth-order valence-electron chi connectivity index (χ4n) is 2.47. The highest BCUT2D eigenvalue weighted by atomic mass is 35.5. The minimum Gasteiger partial charge on any atom is -0.481 e. The minimum atomic E-state index is -0.795. The maximum atomic E-state index is 10.8. The van der Waals surface area contributed by atoms with Gasteiger partial charge in [-0.05, 0) is 38.1 Å². The molecule has 1 saturated heterocycles. The first kappa shape index (κ1) is 15.1. The van der Waals surface area contributed by atoms with Crippen LogP contribution in [0.3, 0.4) is 0 Å². The van der Waals surface area contributed by atoms with Crippen LogP contribution in [-0.4, -0.2) is 53.7 Å². The lowest BCUT2D eigenvalue weighted by molar-refractivity contribution is -0.136. The van der Waals surface area contributed by atoms with Gasteiger partial charge in [-0.15, -0.1) is 0 Å². The van der Waals surface area contributed by atoms with Crippen molar-refractivity contribution < 1.29 is 9.90 Å². The molecule has 0 radical (unpaired) electrons. The van der Waals surface area contributed by atoms with Gasteiger partial charge in [0.15, 0.2) is 5.15 Å². The number of carbonyl (C=O) groups is 1. The third kappa shape index (κ3) is 4.35. The minimum absolute atomic E-state index is 0.102. The molecule has 0 aliphatic carbocycles. The largest absolute Gasteiger partial charge is 0.481 e. The van der Waals surface area contributed by atoms with Crippen molar-refractivity contribution in [3.63, 3.8) is 0 Å². The summed E-state index contributed by atoms with van der Waals surface area (Å²) in [5.41, 5.74) is 0.814. The number of likely N-dealkylation sites (tertiary alicyclic amines) is 1. The first-order valence-corrected chi connectivity index (χ1v) is 7.34. The zero-order valence-corrected chi connectivity index (χ0v) is 12.2. The lowest BCUT2D eigenvalue weighted by atomic mass is 10.3. The quantitative estimate of drug-likeness (QED) is 0.781. The Morgan fingerprint density at radius 2 is 2.15 bits per heavy atom. The highest BCUT2D eigenvalue weighted by molar-refractivity contribution is 6.32. The Hall–Kier alpha value is -1.33. The lowest BCUT2D eigenvalue weighted by Crippen LogP contribution is -2.35. The maximum Gasteiger partial charge on any atom is 0.305 e. The third-order valence-electron chi connectivity index (χ3n) is 3.56. The summed E-state index contributed by atoms with van der Waals surface area (Å²) in [5.74, 6) is -0.795. The van der Waals surface area contributed by atoms with Crippen LogP contribution in [0.25, 0.3) is 0 Å². The molecule has 0 unspecified atom stereocenters. The van der Waals surface area contributed by atoms with Gasteiger partial charge in [0.05, 0.1) is 12.1 Å². The Labute approximate surface area is 124 Å². The average Bonchev–Trinajstić information content (AvgIpc) is 2.93. The third-order valence-corrected chi connectivity index (χ3v) is 3.85. The average molecular weight is 298 g/mol. The van der Waals surface area contributed by atoms with E-state index in [9.17, 15) is 4.79 Å². The summed E-state index contributed by atoms with van der Waals surface area (Å²) in [7, 11) is 0. The number of halogens is 1. The Morgan fingerprint density at radius 3 is 2.80 bits per heavy atom. The highest BCUT2D eigenvalue weighted by Gasteiger charge is 2.16. The fourth-order valence-corrected chi connectivity index (χ4v) is 2.70. The van der Waals surface area contributed by atoms with Crippen molar-refractivity contribution in [1.82, 2.24) is 9.88 Å². The standard InChI is InChI=1S/C14H20ClN3O2/c15-14-12(4-3-6-16-14)18(9-5-13(19)20)11-10-17-7-1-2-8-17/h3-4,6H,1-2,5,7-11H2,(H,19,20). The van der Waals surface area contributed by atoms with Gasteiger partial charge in [-0.25, -0.2) is 4.98 Å². The molecule has 1 N–H and O–H groups in total. The summed E-state index contributed by atoms with van der Waals surface area (Å²) >= 11 is 6.12. The van der Waals surface area contributed by atoms with E-state index < -0.39 is 5.97 Å². The van der Waals surface area contributed by atoms with E-state index in [2.05, 4.69) is 9.88 Å². The Morgan fingerprint density at radius 1 is 1.40 bits per heavy atom. The molecule has 1 aromatic heterocycles. The van der Waals surface area contributed by atoms with E-state index in [1.807, 2.05) is 17.0 Å². The first-order valence-electron chi connectivity index (χ1n) is 6.96. The zero-order chi connectivity index (χ0) is 14.4. The van der Waals surface area contributed by atoms with E-state index in [0.29, 0.717) is 11.7 Å². The number of carboxylic acid groups (broad SMARTS) is 1. The number of anilines is 1. The monoisotopic (exact) mass is 297 g/mol. The number of carboxylic acids is 1. The molecule has 0 bridgehead atoms. The molecule has 2 heterocycles. The van der Waals surface area contributed by atoms with Crippen molar-refractivity contribution >= 4 is 23.3 Å². The number of hydrogen-bond acceptors (Lipinski definition) is 4. The lowest BCUT2D eigenvalue weighted by Gasteiger charge is -2.27. The smallest absolute Gasteiger partial charge is 0.305 e. The van der Waals surface area contributed by atoms with E-state index >= 15 is 0 Å². The molecular formula is C14H20ClN3O2. The van der Waals surface area contributed by atoms with Gasteiger partial charge in [0, 0.05) is 25.8 Å². The van der Waals surface area contributed by atoms with Crippen LogP contribution in [0, 0.1) is 0 Å². The number of rotatable bonds is 7. The molecule has 0 atom stereocenters. The predicted molar refractivity (Wildman–Crippen MR) is 79.4 cm³/mol. The van der Waals surface area contributed by atoms with Crippen molar-refractivity contribution in [2.45, 2.75) is 19.3 Å². The topological polar surface area (TPSA) is 56.7 Å². The summed E-state index contributed by atoms with van der Waals surface area (Å²) < 4.78 is 0. The van der Waals surface area contributed by atoms with Gasteiger partial charge in [-0.1, -0.05) is 11.6 Å². The van der Waals surface area contributed by atoms with E-state index in [1.54, 1.807) is 6.20 Å². The zero-order valence-electron chi connectivity index (χ0n) is 11.5. The molecule has 6 heteroatoms. The Balaban J connectivity index is 1.99. The molecule has 1 fully saturated rings. The van der Waals surface area contributed by atoms with Crippen LogP contribution in [0.1, 0.15) is 19.3 Å². The van der Waals surface area contributed by atoms with Crippen molar-refractivity contribution in [3.05, 3.63) is 23.5 Å². The van der Waals surface area contributed by atoms with E-state index in [1.165, 1.54) is 12.8 Å². The van der Waals surface area contributed by atoms with Crippen molar-refractivity contribution in [1.29, 1.82) is 0 Å². The van der Waals surface area contributed by atoms with E-state index in [4.69, 9.17) is 16.7 Å². The summed E-state index contributed by atoms with van der Waals surface area (Å²) in [4.78, 5) is 19.3. The van der Waals surface area contributed by atoms with Gasteiger partial charge in [-0.3, -0.25) is 4.79 Å². The van der Waals surface area contributed by atoms with Crippen LogP contribution in [0.4, 0.5) is 5.69 Å². The molecule has 0 saturated carbocycles. The SMILES string of the molecule is O=C(O)CCN(CCN1CCCC1)c1cccnc1Cl. The van der Waals surface area contributed by atoms with Gasteiger partial charge in [-0.2, -0.15) is 0 Å². The molecule has 5 nitrogen and oxygen atoms in total. The molecule has 0 amide bonds. The van der Waals surface area contributed by atoms with Crippen LogP contribution in [0.2, 0.25) is 5.15 Å². The van der Waals surface area contributed by atoms with E-state index in [0.717, 1.165) is 31.9 Å². The van der Waals surface area contributed by atoms with Crippen molar-refractivity contribution in [2.75, 3.05) is 37.6 Å². The second kappa shape index (κ2) is 7.45. The normalized spacial score (nSPS) is 15.4. The van der Waals surface area contributed by atoms with Gasteiger partial charge in [0.25, 0.3) is 0 Å². The van der Waals surface area contributed by atoms with Gasteiger partial charge in [0.1, 0.15) is 0 Å². The highest BCUT2D eigenvalue weighted by Crippen LogP contribution is 2.23. The molecule has 0 aromatic carbocycles. The van der Waals surface area contributed by atoms with E-state index in [-0.39, 0.29) is 6.42 Å².